The van der Waals surface area contributed by atoms with Crippen molar-refractivity contribution in [2.75, 3.05) is 16.8 Å². The lowest BCUT2D eigenvalue weighted by atomic mass is 10.1. The van der Waals surface area contributed by atoms with Crippen molar-refractivity contribution >= 4 is 23.0 Å². The molecule has 0 radical (unpaired) electrons. The van der Waals surface area contributed by atoms with Crippen molar-refractivity contribution in [3.63, 3.8) is 0 Å². The van der Waals surface area contributed by atoms with Crippen molar-refractivity contribution in [2.24, 2.45) is 0 Å². The van der Waals surface area contributed by atoms with Crippen LogP contribution in [0.15, 0.2) is 73.1 Å². The summed E-state index contributed by atoms with van der Waals surface area (Å²) in [5, 5.41) is 2.88. The summed E-state index contributed by atoms with van der Waals surface area (Å²) in [6.07, 6.45) is -1.54. The Bertz CT molecular complexity index is 958. The molecule has 0 atom stereocenters. The van der Waals surface area contributed by atoms with Gasteiger partial charge in [0.15, 0.2) is 0 Å². The lowest BCUT2D eigenvalue weighted by molar-refractivity contribution is -0.137. The molecule has 0 aliphatic rings. The van der Waals surface area contributed by atoms with Gasteiger partial charge in [-0.1, -0.05) is 24.3 Å². The smallest absolute Gasteiger partial charge is 0.354 e. The first kappa shape index (κ1) is 19.4. The Morgan fingerprint density at radius 2 is 1.75 bits per heavy atom. The third kappa shape index (κ3) is 4.49. The predicted octanol–water partition coefficient (Wildman–Crippen LogP) is 5.51. The summed E-state index contributed by atoms with van der Waals surface area (Å²) in [6, 6.07) is 15.6. The van der Waals surface area contributed by atoms with E-state index in [0.717, 1.165) is 17.8 Å². The molecule has 0 aliphatic carbocycles. The summed E-state index contributed by atoms with van der Waals surface area (Å²) in [7, 11) is 0. The van der Waals surface area contributed by atoms with Crippen LogP contribution in [0.5, 0.6) is 0 Å². The molecule has 144 valence electrons. The van der Waals surface area contributed by atoms with Crippen LogP contribution >= 0.6 is 0 Å². The summed E-state index contributed by atoms with van der Waals surface area (Å²) in [5.74, 6) is -0.242. The second kappa shape index (κ2) is 8.12. The van der Waals surface area contributed by atoms with Crippen LogP contribution in [-0.2, 0) is 6.18 Å². The Labute approximate surface area is 160 Å². The molecule has 1 amide bonds. The fourth-order valence-electron chi connectivity index (χ4n) is 2.77. The van der Waals surface area contributed by atoms with Crippen molar-refractivity contribution in [3.05, 3.63) is 84.2 Å². The first-order valence-corrected chi connectivity index (χ1v) is 8.64. The summed E-state index contributed by atoms with van der Waals surface area (Å²) in [6.45, 7) is 2.33. The van der Waals surface area contributed by atoms with Crippen LogP contribution in [0.25, 0.3) is 0 Å². The summed E-state index contributed by atoms with van der Waals surface area (Å²) in [4.78, 5) is 18.5. The van der Waals surface area contributed by atoms with Crippen LogP contribution in [0.3, 0.4) is 0 Å². The van der Waals surface area contributed by atoms with Crippen molar-refractivity contribution < 1.29 is 18.0 Å². The Morgan fingerprint density at radius 1 is 1.00 bits per heavy atom. The van der Waals surface area contributed by atoms with Crippen molar-refractivity contribution in [3.8, 4) is 0 Å². The molecule has 0 unspecified atom stereocenters. The number of nitrogens with zero attached hydrogens (tertiary/aromatic N) is 2. The van der Waals surface area contributed by atoms with E-state index >= 15 is 0 Å². The zero-order valence-corrected chi connectivity index (χ0v) is 15.1. The zero-order valence-electron chi connectivity index (χ0n) is 15.1. The van der Waals surface area contributed by atoms with Crippen LogP contribution in [0, 0.1) is 0 Å². The number of hydrogen-bond acceptors (Lipinski definition) is 3. The third-order valence-corrected chi connectivity index (χ3v) is 4.09. The molecule has 28 heavy (non-hydrogen) atoms. The van der Waals surface area contributed by atoms with Gasteiger partial charge in [-0.05, 0) is 43.3 Å². The van der Waals surface area contributed by atoms with Gasteiger partial charge < -0.3 is 10.2 Å². The summed E-state index contributed by atoms with van der Waals surface area (Å²) >= 11 is 0. The third-order valence-electron chi connectivity index (χ3n) is 4.09. The number of alkyl halides is 3. The number of carbonyl (C=O) groups is 1. The molecule has 2 aromatic carbocycles. The minimum Gasteiger partial charge on any atom is -0.354 e. The first-order valence-electron chi connectivity index (χ1n) is 8.64. The van der Waals surface area contributed by atoms with Crippen molar-refractivity contribution in [2.45, 2.75) is 13.1 Å². The number of halogens is 3. The Balaban J connectivity index is 1.83. The molecule has 1 aromatic heterocycles. The van der Waals surface area contributed by atoms with E-state index in [-0.39, 0.29) is 11.6 Å². The van der Waals surface area contributed by atoms with Gasteiger partial charge in [0.05, 0.1) is 23.0 Å². The number of carbonyl (C=O) groups excluding carboxylic acids is 1. The zero-order chi connectivity index (χ0) is 20.1. The average Bonchev–Trinajstić information content (AvgIpc) is 2.69. The molecule has 1 N–H and O–H groups in total. The molecule has 0 saturated carbocycles. The summed E-state index contributed by atoms with van der Waals surface area (Å²) < 4.78 is 38.6. The van der Waals surface area contributed by atoms with Gasteiger partial charge in [0, 0.05) is 24.1 Å². The van der Waals surface area contributed by atoms with Crippen LogP contribution in [-0.4, -0.2) is 17.4 Å². The van der Waals surface area contributed by atoms with Gasteiger partial charge in [-0.15, -0.1) is 0 Å². The van der Waals surface area contributed by atoms with E-state index in [4.69, 9.17) is 0 Å². The molecule has 0 saturated heterocycles. The minimum absolute atomic E-state index is 0.242. The fraction of sp³-hybridized carbons (Fsp3) is 0.143. The van der Waals surface area contributed by atoms with Crippen LogP contribution < -0.4 is 10.2 Å². The molecule has 3 aromatic rings. The fourth-order valence-corrected chi connectivity index (χ4v) is 2.77. The number of pyridine rings is 1. The molecule has 0 bridgehead atoms. The molecular weight excluding hydrogens is 367 g/mol. The maximum Gasteiger partial charge on any atom is 0.416 e. The van der Waals surface area contributed by atoms with E-state index in [1.165, 1.54) is 24.5 Å². The van der Waals surface area contributed by atoms with Gasteiger partial charge in [0.2, 0.25) is 0 Å². The second-order valence-corrected chi connectivity index (χ2v) is 6.05. The van der Waals surface area contributed by atoms with E-state index in [1.54, 1.807) is 11.0 Å². The Hall–Kier alpha value is -3.35. The standard InChI is InChI=1S/C21H18F3N3O/c1-2-27(19-9-4-3-5-10-19)20(28)15-11-18(14-25-13-15)26-17-8-6-7-16(12-17)21(22,23)24/h3-14,26H,2H2,1H3. The highest BCUT2D eigenvalue weighted by Crippen LogP contribution is 2.31. The van der Waals surface area contributed by atoms with Gasteiger partial charge in [-0.2, -0.15) is 13.2 Å². The Kier molecular flexibility index (Phi) is 5.63. The first-order chi connectivity index (χ1) is 13.4. The average molecular weight is 385 g/mol. The second-order valence-electron chi connectivity index (χ2n) is 6.05. The minimum atomic E-state index is -4.43. The number of nitrogens with one attached hydrogen (secondary N) is 1. The molecule has 0 aliphatic heterocycles. The normalized spacial score (nSPS) is 11.1. The highest BCUT2D eigenvalue weighted by molar-refractivity contribution is 6.06. The van der Waals surface area contributed by atoms with E-state index in [2.05, 4.69) is 10.3 Å². The van der Waals surface area contributed by atoms with E-state index in [9.17, 15) is 18.0 Å². The van der Waals surface area contributed by atoms with Crippen LogP contribution in [0.4, 0.5) is 30.2 Å². The van der Waals surface area contributed by atoms with Gasteiger partial charge in [-0.3, -0.25) is 9.78 Å². The van der Waals surface area contributed by atoms with Crippen molar-refractivity contribution in [1.82, 2.24) is 4.98 Å². The molecule has 1 heterocycles. The van der Waals surface area contributed by atoms with E-state index in [1.807, 2.05) is 37.3 Å². The molecule has 0 spiro atoms. The molecule has 0 fully saturated rings. The van der Waals surface area contributed by atoms with Crippen LogP contribution in [0.2, 0.25) is 0 Å². The molecular formula is C21H18F3N3O. The number of anilines is 3. The number of aromatic nitrogens is 1. The number of para-hydroxylation sites is 1. The van der Waals surface area contributed by atoms with Gasteiger partial charge in [0.25, 0.3) is 5.91 Å². The lowest BCUT2D eigenvalue weighted by Crippen LogP contribution is -2.30. The molecule has 7 heteroatoms. The maximum absolute atomic E-state index is 12.9. The highest BCUT2D eigenvalue weighted by atomic mass is 19.4. The number of rotatable bonds is 5. The highest BCUT2D eigenvalue weighted by Gasteiger charge is 2.30. The molecule has 4 nitrogen and oxygen atoms in total. The predicted molar refractivity (Wildman–Crippen MR) is 103 cm³/mol. The number of hydrogen-bond donors (Lipinski definition) is 1. The van der Waals surface area contributed by atoms with Gasteiger partial charge in [0.1, 0.15) is 0 Å². The van der Waals surface area contributed by atoms with Gasteiger partial charge >= 0.3 is 6.18 Å². The SMILES string of the molecule is CCN(C(=O)c1cncc(Nc2cccc(C(F)(F)F)c2)c1)c1ccccc1. The number of benzene rings is 2. The van der Waals surface area contributed by atoms with Crippen LogP contribution in [0.1, 0.15) is 22.8 Å². The van der Waals surface area contributed by atoms with Crippen molar-refractivity contribution in [1.29, 1.82) is 0 Å². The van der Waals surface area contributed by atoms with E-state index < -0.39 is 11.7 Å². The largest absolute Gasteiger partial charge is 0.416 e. The maximum atomic E-state index is 12.9. The monoisotopic (exact) mass is 385 g/mol. The quantitative estimate of drug-likeness (QED) is 0.630. The molecule has 3 rings (SSSR count). The topological polar surface area (TPSA) is 45.2 Å². The Morgan fingerprint density at radius 3 is 2.43 bits per heavy atom. The van der Waals surface area contributed by atoms with E-state index in [0.29, 0.717) is 17.8 Å². The summed E-state index contributed by atoms with van der Waals surface area (Å²) in [5.41, 5.74) is 1.03. The number of amides is 1. The van der Waals surface area contributed by atoms with Gasteiger partial charge in [-0.25, -0.2) is 0 Å². The lowest BCUT2D eigenvalue weighted by Gasteiger charge is -2.21.